The Bertz CT molecular complexity index is 950. The maximum atomic E-state index is 12.4. The van der Waals surface area contributed by atoms with Gasteiger partial charge in [0.05, 0.1) is 24.4 Å². The van der Waals surface area contributed by atoms with Gasteiger partial charge in [0.1, 0.15) is 5.00 Å². The number of carbonyl (C=O) groups excluding carboxylic acids is 1. The number of carbonyl (C=O) groups is 1. The smallest absolute Gasteiger partial charge is 0.341 e. The maximum Gasteiger partial charge on any atom is 0.341 e. The van der Waals surface area contributed by atoms with E-state index in [-0.39, 0.29) is 5.97 Å². The van der Waals surface area contributed by atoms with Gasteiger partial charge in [-0.15, -0.1) is 11.3 Å². The zero-order valence-electron chi connectivity index (χ0n) is 15.8. The molecule has 0 unspecified atom stereocenters. The molecule has 0 spiro atoms. The molecule has 2 heterocycles. The molecule has 0 aliphatic carbocycles. The summed E-state index contributed by atoms with van der Waals surface area (Å²) in [7, 11) is 0. The second-order valence-electron chi connectivity index (χ2n) is 5.91. The Labute approximate surface area is 173 Å². The number of rotatable bonds is 7. The van der Waals surface area contributed by atoms with Crippen LogP contribution in [-0.4, -0.2) is 27.5 Å². The van der Waals surface area contributed by atoms with Crippen LogP contribution < -0.4 is 10.6 Å². The molecule has 0 fully saturated rings. The first-order valence-corrected chi connectivity index (χ1v) is 10.3. The van der Waals surface area contributed by atoms with Gasteiger partial charge in [-0.25, -0.2) is 4.79 Å². The molecule has 6 nitrogen and oxygen atoms in total. The first kappa shape index (κ1) is 20.0. The molecule has 0 saturated carbocycles. The summed E-state index contributed by atoms with van der Waals surface area (Å²) in [6.07, 6.45) is 1.93. The van der Waals surface area contributed by atoms with Crippen molar-refractivity contribution < 1.29 is 9.53 Å². The predicted molar refractivity (Wildman–Crippen MR) is 117 cm³/mol. The second-order valence-corrected chi connectivity index (χ2v) is 7.37. The molecule has 8 heteroatoms. The third kappa shape index (κ3) is 4.96. The van der Waals surface area contributed by atoms with Crippen molar-refractivity contribution in [3.05, 3.63) is 59.9 Å². The largest absolute Gasteiger partial charge is 0.462 e. The average molecular weight is 415 g/mol. The Morgan fingerprint density at radius 2 is 2.04 bits per heavy atom. The van der Waals surface area contributed by atoms with Gasteiger partial charge >= 0.3 is 5.97 Å². The highest BCUT2D eigenvalue weighted by molar-refractivity contribution is 7.80. The fourth-order valence-corrected chi connectivity index (χ4v) is 3.88. The molecule has 0 aliphatic heterocycles. The number of aromatic nitrogens is 2. The van der Waals surface area contributed by atoms with Crippen LogP contribution in [-0.2, 0) is 17.8 Å². The van der Waals surface area contributed by atoms with Crippen LogP contribution in [0.25, 0.3) is 10.4 Å². The lowest BCUT2D eigenvalue weighted by Crippen LogP contribution is -2.28. The van der Waals surface area contributed by atoms with Crippen molar-refractivity contribution in [1.29, 1.82) is 0 Å². The quantitative estimate of drug-likeness (QED) is 0.444. The number of hydrogen-bond donors (Lipinski definition) is 2. The normalized spacial score (nSPS) is 10.5. The van der Waals surface area contributed by atoms with Gasteiger partial charge < -0.3 is 15.4 Å². The van der Waals surface area contributed by atoms with Crippen molar-refractivity contribution in [2.24, 2.45) is 0 Å². The second kappa shape index (κ2) is 9.48. The van der Waals surface area contributed by atoms with Crippen molar-refractivity contribution in [2.75, 3.05) is 11.9 Å². The summed E-state index contributed by atoms with van der Waals surface area (Å²) in [5.74, 6) is -0.368. The fourth-order valence-electron chi connectivity index (χ4n) is 2.58. The molecule has 1 aromatic carbocycles. The number of benzene rings is 1. The molecule has 2 N–H and O–H groups in total. The van der Waals surface area contributed by atoms with Crippen molar-refractivity contribution in [3.63, 3.8) is 0 Å². The zero-order chi connectivity index (χ0) is 19.9. The number of hydrogen-bond acceptors (Lipinski definition) is 5. The predicted octanol–water partition coefficient (Wildman–Crippen LogP) is 4.29. The van der Waals surface area contributed by atoms with E-state index in [1.165, 1.54) is 11.3 Å². The summed E-state index contributed by atoms with van der Waals surface area (Å²) >= 11 is 6.87. The molecule has 3 rings (SSSR count). The van der Waals surface area contributed by atoms with E-state index < -0.39 is 0 Å². The van der Waals surface area contributed by atoms with Gasteiger partial charge in [0.2, 0.25) is 0 Å². The summed E-state index contributed by atoms with van der Waals surface area (Å²) in [4.78, 5) is 13.3. The summed E-state index contributed by atoms with van der Waals surface area (Å²) in [5.41, 5.74) is 2.41. The molecule has 0 amide bonds. The van der Waals surface area contributed by atoms with Crippen molar-refractivity contribution in [3.8, 4) is 10.4 Å². The third-order valence-corrected chi connectivity index (χ3v) is 5.31. The van der Waals surface area contributed by atoms with Crippen molar-refractivity contribution in [1.82, 2.24) is 15.1 Å². The standard InChI is InChI=1S/C20H22N4O2S2/c1-3-24-11-10-15(23-24)13-21-20(27)22-18-16(19(25)26-4-2)12-17(28-18)14-8-6-5-7-9-14/h5-12H,3-4,13H2,1-2H3,(H2,21,22,27). The molecular weight excluding hydrogens is 392 g/mol. The number of nitrogens with zero attached hydrogens (tertiary/aromatic N) is 2. The molecule has 0 bridgehead atoms. The minimum Gasteiger partial charge on any atom is -0.462 e. The van der Waals surface area contributed by atoms with Gasteiger partial charge in [0.15, 0.2) is 5.11 Å². The van der Waals surface area contributed by atoms with Crippen LogP contribution in [0.4, 0.5) is 5.00 Å². The molecule has 0 saturated heterocycles. The highest BCUT2D eigenvalue weighted by atomic mass is 32.1. The van der Waals surface area contributed by atoms with E-state index in [1.807, 2.05) is 60.3 Å². The van der Waals surface area contributed by atoms with E-state index in [4.69, 9.17) is 17.0 Å². The van der Waals surface area contributed by atoms with Crippen LogP contribution in [0.15, 0.2) is 48.7 Å². The fraction of sp³-hybridized carbons (Fsp3) is 0.250. The highest BCUT2D eigenvalue weighted by Crippen LogP contribution is 2.35. The molecular formula is C20H22N4O2S2. The SMILES string of the molecule is CCOC(=O)c1cc(-c2ccccc2)sc1NC(=S)NCc1ccn(CC)n1. The van der Waals surface area contributed by atoms with Gasteiger partial charge in [0, 0.05) is 17.6 Å². The number of nitrogens with one attached hydrogen (secondary N) is 2. The molecule has 0 atom stereocenters. The molecule has 0 radical (unpaired) electrons. The molecule has 0 aliphatic rings. The van der Waals surface area contributed by atoms with E-state index in [0.29, 0.717) is 28.8 Å². The third-order valence-electron chi connectivity index (χ3n) is 3.96. The van der Waals surface area contributed by atoms with E-state index in [0.717, 1.165) is 22.7 Å². The zero-order valence-corrected chi connectivity index (χ0v) is 17.4. The number of ether oxygens (including phenoxy) is 1. The Hall–Kier alpha value is -2.71. The Morgan fingerprint density at radius 3 is 2.71 bits per heavy atom. The highest BCUT2D eigenvalue weighted by Gasteiger charge is 2.19. The van der Waals surface area contributed by atoms with Crippen LogP contribution in [0.5, 0.6) is 0 Å². The van der Waals surface area contributed by atoms with Crippen LogP contribution in [0.2, 0.25) is 0 Å². The van der Waals surface area contributed by atoms with E-state index in [2.05, 4.69) is 15.7 Å². The average Bonchev–Trinajstić information content (AvgIpc) is 3.34. The Morgan fingerprint density at radius 1 is 1.25 bits per heavy atom. The Balaban J connectivity index is 1.74. The lowest BCUT2D eigenvalue weighted by molar-refractivity contribution is 0.0528. The van der Waals surface area contributed by atoms with Crippen molar-refractivity contribution >= 4 is 39.6 Å². The number of anilines is 1. The van der Waals surface area contributed by atoms with Crippen LogP contribution >= 0.6 is 23.6 Å². The first-order valence-electron chi connectivity index (χ1n) is 9.04. The summed E-state index contributed by atoms with van der Waals surface area (Å²) < 4.78 is 7.05. The minimum atomic E-state index is -0.368. The van der Waals surface area contributed by atoms with Gasteiger partial charge in [-0.3, -0.25) is 4.68 Å². The van der Waals surface area contributed by atoms with E-state index in [1.54, 1.807) is 6.92 Å². The van der Waals surface area contributed by atoms with Gasteiger partial charge in [-0.05, 0) is 43.8 Å². The van der Waals surface area contributed by atoms with Gasteiger partial charge in [0.25, 0.3) is 0 Å². The van der Waals surface area contributed by atoms with E-state index in [9.17, 15) is 4.79 Å². The molecule has 3 aromatic rings. The summed E-state index contributed by atoms with van der Waals surface area (Å²) in [6.45, 7) is 5.47. The maximum absolute atomic E-state index is 12.4. The number of esters is 1. The minimum absolute atomic E-state index is 0.317. The number of thiophene rings is 1. The van der Waals surface area contributed by atoms with Gasteiger partial charge in [-0.2, -0.15) is 5.10 Å². The lowest BCUT2D eigenvalue weighted by atomic mass is 10.1. The number of aryl methyl sites for hydroxylation is 1. The summed E-state index contributed by atoms with van der Waals surface area (Å²) in [6, 6.07) is 13.7. The van der Waals surface area contributed by atoms with Crippen LogP contribution in [0.1, 0.15) is 29.9 Å². The Kier molecular flexibility index (Phi) is 6.78. The monoisotopic (exact) mass is 414 g/mol. The van der Waals surface area contributed by atoms with Crippen LogP contribution in [0.3, 0.4) is 0 Å². The van der Waals surface area contributed by atoms with Crippen molar-refractivity contribution in [2.45, 2.75) is 26.9 Å². The molecule has 2 aromatic heterocycles. The van der Waals surface area contributed by atoms with Crippen LogP contribution in [0, 0.1) is 0 Å². The van der Waals surface area contributed by atoms with E-state index >= 15 is 0 Å². The lowest BCUT2D eigenvalue weighted by Gasteiger charge is -2.09. The van der Waals surface area contributed by atoms with Gasteiger partial charge in [-0.1, -0.05) is 30.3 Å². The molecule has 146 valence electrons. The molecule has 28 heavy (non-hydrogen) atoms. The first-order chi connectivity index (χ1) is 13.6. The topological polar surface area (TPSA) is 68.2 Å². The number of thiocarbonyl (C=S) groups is 1. The summed E-state index contributed by atoms with van der Waals surface area (Å²) in [5, 5.41) is 11.8.